The normalized spacial score (nSPS) is 18.2. The van der Waals surface area contributed by atoms with E-state index >= 15 is 0 Å². The van der Waals surface area contributed by atoms with Gasteiger partial charge in [-0.25, -0.2) is 8.78 Å². The maximum absolute atomic E-state index is 13.1. The van der Waals surface area contributed by atoms with Crippen LogP contribution in [0.1, 0.15) is 5.56 Å². The Morgan fingerprint density at radius 3 is 2.80 bits per heavy atom. The number of carbonyl (C=O) groups excluding carboxylic acids is 1. The number of carbonyl (C=O) groups is 1. The Morgan fingerprint density at radius 1 is 1.45 bits per heavy atom. The van der Waals surface area contributed by atoms with Gasteiger partial charge >= 0.3 is 0 Å². The van der Waals surface area contributed by atoms with E-state index in [9.17, 15) is 13.6 Å². The zero-order valence-electron chi connectivity index (χ0n) is 11.1. The van der Waals surface area contributed by atoms with Crippen molar-refractivity contribution in [2.24, 2.45) is 0 Å². The van der Waals surface area contributed by atoms with Gasteiger partial charge in [0.25, 0.3) is 5.91 Å². The standard InChI is InChI=1S/C13H16F2N2O2.ClH/c1-17(13(18)12-7-16-4-5-19-12)8-9-2-3-10(14)11(15)6-9;/h2-3,6,12,16H,4-5,7-8H2,1H3;1H. The Kier molecular flexibility index (Phi) is 6.32. The van der Waals surface area contributed by atoms with Crippen LogP contribution in [0.2, 0.25) is 0 Å². The van der Waals surface area contributed by atoms with Gasteiger partial charge in [-0.15, -0.1) is 12.4 Å². The molecule has 1 aromatic rings. The van der Waals surface area contributed by atoms with E-state index in [1.165, 1.54) is 11.0 Å². The molecule has 112 valence electrons. The molecule has 20 heavy (non-hydrogen) atoms. The monoisotopic (exact) mass is 306 g/mol. The minimum absolute atomic E-state index is 0. The van der Waals surface area contributed by atoms with Crippen molar-refractivity contribution in [2.45, 2.75) is 12.6 Å². The van der Waals surface area contributed by atoms with E-state index in [-0.39, 0.29) is 24.9 Å². The lowest BCUT2D eigenvalue weighted by Gasteiger charge is -2.27. The van der Waals surface area contributed by atoms with Gasteiger partial charge < -0.3 is 15.0 Å². The second kappa shape index (κ2) is 7.52. The number of hydrogen-bond acceptors (Lipinski definition) is 3. The molecule has 1 amide bonds. The number of amides is 1. The van der Waals surface area contributed by atoms with Crippen LogP contribution in [0.15, 0.2) is 18.2 Å². The summed E-state index contributed by atoms with van der Waals surface area (Å²) in [5.74, 6) is -1.97. The van der Waals surface area contributed by atoms with Crippen molar-refractivity contribution in [3.63, 3.8) is 0 Å². The first-order chi connectivity index (χ1) is 9.08. The number of hydrogen-bond donors (Lipinski definition) is 1. The second-order valence-corrected chi connectivity index (χ2v) is 4.51. The summed E-state index contributed by atoms with van der Waals surface area (Å²) in [6.45, 7) is 1.92. The molecule has 1 aromatic carbocycles. The van der Waals surface area contributed by atoms with Gasteiger partial charge in [0.1, 0.15) is 6.10 Å². The largest absolute Gasteiger partial charge is 0.366 e. The van der Waals surface area contributed by atoms with E-state index in [0.29, 0.717) is 18.7 Å². The van der Waals surface area contributed by atoms with Gasteiger partial charge in [-0.3, -0.25) is 4.79 Å². The van der Waals surface area contributed by atoms with E-state index in [0.717, 1.165) is 18.7 Å². The van der Waals surface area contributed by atoms with Gasteiger partial charge in [0.15, 0.2) is 11.6 Å². The Morgan fingerprint density at radius 2 is 2.20 bits per heavy atom. The lowest BCUT2D eigenvalue weighted by atomic mass is 10.2. The molecular formula is C13H17ClF2N2O2. The molecule has 1 saturated heterocycles. The van der Waals surface area contributed by atoms with Crippen LogP contribution in [0.3, 0.4) is 0 Å². The third-order valence-electron chi connectivity index (χ3n) is 2.98. The molecule has 2 rings (SSSR count). The summed E-state index contributed by atoms with van der Waals surface area (Å²) in [6, 6.07) is 3.61. The fraction of sp³-hybridized carbons (Fsp3) is 0.462. The van der Waals surface area contributed by atoms with Crippen molar-refractivity contribution >= 4 is 18.3 Å². The maximum atomic E-state index is 13.1. The van der Waals surface area contributed by atoms with Crippen LogP contribution in [-0.4, -0.2) is 43.7 Å². The number of halogens is 3. The molecule has 0 aromatic heterocycles. The van der Waals surface area contributed by atoms with E-state index in [1.54, 1.807) is 7.05 Å². The van der Waals surface area contributed by atoms with Crippen LogP contribution in [-0.2, 0) is 16.1 Å². The molecule has 0 spiro atoms. The van der Waals surface area contributed by atoms with Gasteiger partial charge in [0.2, 0.25) is 0 Å². The summed E-state index contributed by atoms with van der Waals surface area (Å²) in [6.07, 6.45) is -0.510. The highest BCUT2D eigenvalue weighted by molar-refractivity contribution is 5.85. The van der Waals surface area contributed by atoms with Crippen molar-refractivity contribution in [3.05, 3.63) is 35.4 Å². The van der Waals surface area contributed by atoms with Crippen molar-refractivity contribution < 1.29 is 18.3 Å². The molecule has 1 atom stereocenters. The fourth-order valence-electron chi connectivity index (χ4n) is 1.96. The Hall–Kier alpha value is -1.24. The first-order valence-electron chi connectivity index (χ1n) is 6.09. The van der Waals surface area contributed by atoms with E-state index in [4.69, 9.17) is 4.74 Å². The molecule has 7 heteroatoms. The minimum atomic E-state index is -0.908. The highest BCUT2D eigenvalue weighted by Crippen LogP contribution is 2.11. The Labute approximate surface area is 122 Å². The summed E-state index contributed by atoms with van der Waals surface area (Å²) in [5, 5.41) is 3.07. The molecule has 1 N–H and O–H groups in total. The lowest BCUT2D eigenvalue weighted by molar-refractivity contribution is -0.144. The van der Waals surface area contributed by atoms with Crippen LogP contribution in [0.5, 0.6) is 0 Å². The number of morpholine rings is 1. The SMILES string of the molecule is CN(Cc1ccc(F)c(F)c1)C(=O)C1CNCCO1.Cl. The number of rotatable bonds is 3. The highest BCUT2D eigenvalue weighted by Gasteiger charge is 2.24. The van der Waals surface area contributed by atoms with Gasteiger partial charge in [0.05, 0.1) is 6.61 Å². The number of likely N-dealkylation sites (N-methyl/N-ethyl adjacent to an activating group) is 1. The zero-order valence-corrected chi connectivity index (χ0v) is 11.9. The molecule has 1 heterocycles. The van der Waals surface area contributed by atoms with Gasteiger partial charge in [-0.1, -0.05) is 6.07 Å². The Balaban J connectivity index is 0.00000200. The maximum Gasteiger partial charge on any atom is 0.253 e. The molecule has 0 aliphatic carbocycles. The summed E-state index contributed by atoms with van der Waals surface area (Å²) >= 11 is 0. The molecule has 1 unspecified atom stereocenters. The highest BCUT2D eigenvalue weighted by atomic mass is 35.5. The van der Waals surface area contributed by atoms with Crippen LogP contribution in [0.25, 0.3) is 0 Å². The molecule has 0 bridgehead atoms. The average Bonchev–Trinajstić information content (AvgIpc) is 2.43. The topological polar surface area (TPSA) is 41.6 Å². The van der Waals surface area contributed by atoms with Crippen molar-refractivity contribution in [1.82, 2.24) is 10.2 Å². The summed E-state index contributed by atoms with van der Waals surface area (Å²) in [7, 11) is 1.61. The van der Waals surface area contributed by atoms with Crippen LogP contribution in [0.4, 0.5) is 8.78 Å². The third kappa shape index (κ3) is 4.13. The molecule has 0 saturated carbocycles. The molecule has 1 aliphatic heterocycles. The molecule has 1 fully saturated rings. The smallest absolute Gasteiger partial charge is 0.253 e. The van der Waals surface area contributed by atoms with Crippen molar-refractivity contribution in [2.75, 3.05) is 26.7 Å². The van der Waals surface area contributed by atoms with Crippen LogP contribution < -0.4 is 5.32 Å². The van der Waals surface area contributed by atoms with E-state index in [1.807, 2.05) is 0 Å². The molecule has 0 radical (unpaired) electrons. The summed E-state index contributed by atoms with van der Waals surface area (Å²) in [5.41, 5.74) is 0.540. The zero-order chi connectivity index (χ0) is 13.8. The number of nitrogens with zero attached hydrogens (tertiary/aromatic N) is 1. The lowest BCUT2D eigenvalue weighted by Crippen LogP contribution is -2.48. The number of ether oxygens (including phenoxy) is 1. The average molecular weight is 307 g/mol. The summed E-state index contributed by atoms with van der Waals surface area (Å²) in [4.78, 5) is 13.5. The fourth-order valence-corrected chi connectivity index (χ4v) is 1.96. The number of benzene rings is 1. The van der Waals surface area contributed by atoms with Crippen molar-refractivity contribution in [1.29, 1.82) is 0 Å². The van der Waals surface area contributed by atoms with Gasteiger partial charge in [-0.2, -0.15) is 0 Å². The van der Waals surface area contributed by atoms with Crippen molar-refractivity contribution in [3.8, 4) is 0 Å². The van der Waals surface area contributed by atoms with E-state index < -0.39 is 17.7 Å². The summed E-state index contributed by atoms with van der Waals surface area (Å²) < 4.78 is 31.2. The predicted octanol–water partition coefficient (Wildman–Crippen LogP) is 1.33. The minimum Gasteiger partial charge on any atom is -0.366 e. The van der Waals surface area contributed by atoms with E-state index in [2.05, 4.69) is 5.32 Å². The third-order valence-corrected chi connectivity index (χ3v) is 2.98. The molecular weight excluding hydrogens is 290 g/mol. The number of nitrogens with one attached hydrogen (secondary N) is 1. The predicted molar refractivity (Wildman–Crippen MR) is 72.7 cm³/mol. The van der Waals surface area contributed by atoms with Crippen LogP contribution in [0, 0.1) is 11.6 Å². The first-order valence-corrected chi connectivity index (χ1v) is 6.09. The Bertz CT molecular complexity index is 468. The van der Waals surface area contributed by atoms with Gasteiger partial charge in [-0.05, 0) is 17.7 Å². The molecule has 1 aliphatic rings. The second-order valence-electron chi connectivity index (χ2n) is 4.51. The molecule has 4 nitrogen and oxygen atoms in total. The van der Waals surface area contributed by atoms with Crippen LogP contribution >= 0.6 is 12.4 Å². The first kappa shape index (κ1) is 16.8. The van der Waals surface area contributed by atoms with Gasteiger partial charge in [0, 0.05) is 26.7 Å². The quantitative estimate of drug-likeness (QED) is 0.916.